The van der Waals surface area contributed by atoms with Crippen molar-refractivity contribution < 1.29 is 14.7 Å². The number of aryl methyl sites for hydroxylation is 3. The molecule has 2 atom stereocenters. The molecule has 0 spiro atoms. The summed E-state index contributed by atoms with van der Waals surface area (Å²) in [5, 5.41) is 9.23. The van der Waals surface area contributed by atoms with Crippen molar-refractivity contribution in [2.75, 3.05) is 13.1 Å². The monoisotopic (exact) mass is 289 g/mol. The van der Waals surface area contributed by atoms with Crippen LogP contribution in [0, 0.1) is 32.6 Å². The summed E-state index contributed by atoms with van der Waals surface area (Å²) in [5.74, 6) is -1.09. The standard InChI is InChI=1S/C17H23NO3/c1-10-5-12(3)15(13(4)6-10)16(19)18-8-11(2)7-14(9-18)17(20)21/h5-6,11,14H,7-9H2,1-4H3,(H,20,21). The molecule has 1 aliphatic heterocycles. The van der Waals surface area contributed by atoms with E-state index in [2.05, 4.69) is 0 Å². The zero-order valence-corrected chi connectivity index (χ0v) is 13.1. The normalized spacial score (nSPS) is 22.2. The van der Waals surface area contributed by atoms with Gasteiger partial charge in [0.25, 0.3) is 5.91 Å². The van der Waals surface area contributed by atoms with Crippen molar-refractivity contribution in [2.24, 2.45) is 11.8 Å². The number of carboxylic acid groups (broad SMARTS) is 1. The predicted molar refractivity (Wildman–Crippen MR) is 81.5 cm³/mol. The topological polar surface area (TPSA) is 57.6 Å². The van der Waals surface area contributed by atoms with Gasteiger partial charge in [-0.3, -0.25) is 9.59 Å². The predicted octanol–water partition coefficient (Wildman–Crippen LogP) is 2.79. The number of piperidine rings is 1. The van der Waals surface area contributed by atoms with E-state index in [1.54, 1.807) is 4.90 Å². The number of amides is 1. The largest absolute Gasteiger partial charge is 0.481 e. The lowest BCUT2D eigenvalue weighted by Crippen LogP contribution is -2.45. The Hall–Kier alpha value is -1.84. The Labute approximate surface area is 125 Å². The molecule has 4 nitrogen and oxygen atoms in total. The van der Waals surface area contributed by atoms with Gasteiger partial charge in [-0.05, 0) is 44.2 Å². The Balaban J connectivity index is 2.29. The van der Waals surface area contributed by atoms with Crippen molar-refractivity contribution in [1.29, 1.82) is 0 Å². The van der Waals surface area contributed by atoms with Crippen LogP contribution in [0.2, 0.25) is 0 Å². The second-order valence-electron chi connectivity index (χ2n) is 6.36. The van der Waals surface area contributed by atoms with Crippen molar-refractivity contribution in [3.8, 4) is 0 Å². The van der Waals surface area contributed by atoms with Crippen LogP contribution in [0.15, 0.2) is 12.1 Å². The molecule has 1 heterocycles. The minimum atomic E-state index is -0.809. The van der Waals surface area contributed by atoms with Crippen LogP contribution in [0.1, 0.15) is 40.4 Å². The molecule has 1 aromatic rings. The summed E-state index contributed by atoms with van der Waals surface area (Å²) < 4.78 is 0. The van der Waals surface area contributed by atoms with Gasteiger partial charge in [-0.1, -0.05) is 24.6 Å². The van der Waals surface area contributed by atoms with Crippen LogP contribution in [0.5, 0.6) is 0 Å². The fourth-order valence-electron chi connectivity index (χ4n) is 3.37. The maximum absolute atomic E-state index is 12.8. The van der Waals surface area contributed by atoms with Crippen LogP contribution in [0.3, 0.4) is 0 Å². The zero-order valence-electron chi connectivity index (χ0n) is 13.1. The van der Waals surface area contributed by atoms with Crippen LogP contribution in [0.25, 0.3) is 0 Å². The molecule has 2 rings (SSSR count). The van der Waals surface area contributed by atoms with Crippen LogP contribution in [-0.2, 0) is 4.79 Å². The van der Waals surface area contributed by atoms with Crippen LogP contribution in [0.4, 0.5) is 0 Å². The number of carbonyl (C=O) groups is 2. The molecule has 1 aromatic carbocycles. The molecule has 2 unspecified atom stereocenters. The Morgan fingerprint density at radius 2 is 1.71 bits per heavy atom. The van der Waals surface area contributed by atoms with Crippen LogP contribution < -0.4 is 0 Å². The average molecular weight is 289 g/mol. The Bertz CT molecular complexity index is 556. The summed E-state index contributed by atoms with van der Waals surface area (Å²) in [5.41, 5.74) is 3.78. The van der Waals surface area contributed by atoms with Gasteiger partial charge in [-0.15, -0.1) is 0 Å². The summed E-state index contributed by atoms with van der Waals surface area (Å²) in [6.07, 6.45) is 0.644. The van der Waals surface area contributed by atoms with Gasteiger partial charge in [0.2, 0.25) is 0 Å². The lowest BCUT2D eigenvalue weighted by molar-refractivity contribution is -0.143. The summed E-state index contributed by atoms with van der Waals surface area (Å²) >= 11 is 0. The Morgan fingerprint density at radius 1 is 1.14 bits per heavy atom. The average Bonchev–Trinajstić information content (AvgIpc) is 2.36. The molecule has 0 bridgehead atoms. The van der Waals surface area contributed by atoms with E-state index in [0.717, 1.165) is 22.3 Å². The molecule has 1 amide bonds. The highest BCUT2D eigenvalue weighted by molar-refractivity contribution is 5.97. The fraction of sp³-hybridized carbons (Fsp3) is 0.529. The number of carbonyl (C=O) groups excluding carboxylic acids is 1. The van der Waals surface area contributed by atoms with E-state index < -0.39 is 11.9 Å². The Morgan fingerprint density at radius 3 is 2.24 bits per heavy atom. The first-order valence-corrected chi connectivity index (χ1v) is 7.39. The molecule has 1 fully saturated rings. The fourth-order valence-corrected chi connectivity index (χ4v) is 3.37. The van der Waals surface area contributed by atoms with Gasteiger partial charge >= 0.3 is 5.97 Å². The number of carboxylic acids is 1. The van der Waals surface area contributed by atoms with Crippen LogP contribution in [-0.4, -0.2) is 35.0 Å². The molecule has 21 heavy (non-hydrogen) atoms. The summed E-state index contributed by atoms with van der Waals surface area (Å²) in [4.78, 5) is 25.8. The molecule has 0 aromatic heterocycles. The highest BCUT2D eigenvalue weighted by Crippen LogP contribution is 2.25. The van der Waals surface area contributed by atoms with Crippen molar-refractivity contribution >= 4 is 11.9 Å². The smallest absolute Gasteiger partial charge is 0.308 e. The summed E-state index contributed by atoms with van der Waals surface area (Å²) in [6.45, 7) is 8.84. The van der Waals surface area contributed by atoms with Gasteiger partial charge < -0.3 is 10.0 Å². The van der Waals surface area contributed by atoms with Crippen molar-refractivity contribution in [3.05, 3.63) is 34.4 Å². The third-order valence-corrected chi connectivity index (χ3v) is 4.19. The molecule has 4 heteroatoms. The van der Waals surface area contributed by atoms with E-state index in [1.807, 2.05) is 39.8 Å². The highest BCUT2D eigenvalue weighted by Gasteiger charge is 2.33. The lowest BCUT2D eigenvalue weighted by atomic mass is 9.89. The zero-order chi connectivity index (χ0) is 15.7. The SMILES string of the molecule is Cc1cc(C)c(C(=O)N2CC(C)CC(C(=O)O)C2)c(C)c1. The van der Waals surface area contributed by atoms with E-state index in [-0.39, 0.29) is 11.8 Å². The number of hydrogen-bond acceptors (Lipinski definition) is 2. The maximum atomic E-state index is 12.8. The molecule has 1 saturated heterocycles. The first-order chi connectivity index (χ1) is 9.79. The van der Waals surface area contributed by atoms with Gasteiger partial charge in [0.05, 0.1) is 5.92 Å². The number of aliphatic carboxylic acids is 1. The van der Waals surface area contributed by atoms with Gasteiger partial charge in [0.1, 0.15) is 0 Å². The molecule has 0 radical (unpaired) electrons. The molecule has 0 saturated carbocycles. The van der Waals surface area contributed by atoms with Crippen molar-refractivity contribution in [3.63, 3.8) is 0 Å². The van der Waals surface area contributed by atoms with Gasteiger partial charge in [-0.25, -0.2) is 0 Å². The first-order valence-electron chi connectivity index (χ1n) is 7.39. The van der Waals surface area contributed by atoms with E-state index >= 15 is 0 Å². The quantitative estimate of drug-likeness (QED) is 0.910. The summed E-state index contributed by atoms with van der Waals surface area (Å²) in [6, 6.07) is 4.00. The van der Waals surface area contributed by atoms with E-state index in [4.69, 9.17) is 0 Å². The highest BCUT2D eigenvalue weighted by atomic mass is 16.4. The molecule has 1 aliphatic rings. The summed E-state index contributed by atoms with van der Waals surface area (Å²) in [7, 11) is 0. The molecular formula is C17H23NO3. The number of likely N-dealkylation sites (tertiary alicyclic amines) is 1. The van der Waals surface area contributed by atoms with E-state index in [1.165, 1.54) is 0 Å². The van der Waals surface area contributed by atoms with Gasteiger partial charge in [-0.2, -0.15) is 0 Å². The Kier molecular flexibility index (Phi) is 4.35. The number of hydrogen-bond donors (Lipinski definition) is 1. The van der Waals surface area contributed by atoms with Crippen molar-refractivity contribution in [2.45, 2.75) is 34.1 Å². The van der Waals surface area contributed by atoms with E-state index in [0.29, 0.717) is 19.5 Å². The first kappa shape index (κ1) is 15.5. The second-order valence-corrected chi connectivity index (χ2v) is 6.36. The minimum Gasteiger partial charge on any atom is -0.481 e. The molecule has 114 valence electrons. The maximum Gasteiger partial charge on any atom is 0.308 e. The van der Waals surface area contributed by atoms with E-state index in [9.17, 15) is 14.7 Å². The number of rotatable bonds is 2. The third kappa shape index (κ3) is 3.26. The van der Waals surface area contributed by atoms with Crippen LogP contribution >= 0.6 is 0 Å². The van der Waals surface area contributed by atoms with Gasteiger partial charge in [0.15, 0.2) is 0 Å². The third-order valence-electron chi connectivity index (χ3n) is 4.19. The molecule has 1 N–H and O–H groups in total. The second kappa shape index (κ2) is 5.88. The lowest BCUT2D eigenvalue weighted by Gasteiger charge is -2.35. The molecular weight excluding hydrogens is 266 g/mol. The van der Waals surface area contributed by atoms with Gasteiger partial charge in [0, 0.05) is 18.7 Å². The minimum absolute atomic E-state index is 0.0391. The number of nitrogens with zero attached hydrogens (tertiary/aromatic N) is 1. The molecule has 0 aliphatic carbocycles. The number of benzene rings is 1. The van der Waals surface area contributed by atoms with Crippen molar-refractivity contribution in [1.82, 2.24) is 4.90 Å².